The number of carbonyl (C=O) groups is 2. The summed E-state index contributed by atoms with van der Waals surface area (Å²) in [5.74, 6) is 0.0555. The summed E-state index contributed by atoms with van der Waals surface area (Å²) in [7, 11) is 0. The third kappa shape index (κ3) is 3.15. The standard InChI is InChI=1S/C20H20N2O4/c23-18-5-3-14(4-6-18)19(24)21-7-9-22(10-8-21)20(25)15-1-2-16-12-26-13-17(16)11-15/h1-6,11,23H,7-10,12-13H2. The summed E-state index contributed by atoms with van der Waals surface area (Å²) in [4.78, 5) is 28.8. The average molecular weight is 352 g/mol. The van der Waals surface area contributed by atoms with Crippen molar-refractivity contribution in [3.63, 3.8) is 0 Å². The highest BCUT2D eigenvalue weighted by molar-refractivity contribution is 5.96. The van der Waals surface area contributed by atoms with Gasteiger partial charge >= 0.3 is 0 Å². The Morgan fingerprint density at radius 3 is 1.96 bits per heavy atom. The van der Waals surface area contributed by atoms with Crippen LogP contribution in [0.2, 0.25) is 0 Å². The van der Waals surface area contributed by atoms with E-state index >= 15 is 0 Å². The highest BCUT2D eigenvalue weighted by Crippen LogP contribution is 2.22. The van der Waals surface area contributed by atoms with Gasteiger partial charge in [-0.25, -0.2) is 0 Å². The number of ether oxygens (including phenoxy) is 1. The van der Waals surface area contributed by atoms with Crippen molar-refractivity contribution in [3.05, 3.63) is 64.7 Å². The summed E-state index contributed by atoms with van der Waals surface area (Å²) >= 11 is 0. The molecule has 2 aliphatic rings. The molecule has 0 radical (unpaired) electrons. The SMILES string of the molecule is O=C(c1ccc(O)cc1)N1CCN(C(=O)c2ccc3c(c2)COC3)CC1. The zero-order valence-electron chi connectivity index (χ0n) is 14.4. The smallest absolute Gasteiger partial charge is 0.253 e. The lowest BCUT2D eigenvalue weighted by molar-refractivity contribution is 0.0535. The lowest BCUT2D eigenvalue weighted by Gasteiger charge is -2.35. The highest BCUT2D eigenvalue weighted by Gasteiger charge is 2.26. The summed E-state index contributed by atoms with van der Waals surface area (Å²) < 4.78 is 5.40. The van der Waals surface area contributed by atoms with Gasteiger partial charge in [0.2, 0.25) is 0 Å². The number of benzene rings is 2. The van der Waals surface area contributed by atoms with E-state index in [0.29, 0.717) is 50.5 Å². The van der Waals surface area contributed by atoms with Gasteiger partial charge < -0.3 is 19.6 Å². The second-order valence-electron chi connectivity index (χ2n) is 6.61. The monoisotopic (exact) mass is 352 g/mol. The molecule has 0 unspecified atom stereocenters. The molecule has 0 spiro atoms. The van der Waals surface area contributed by atoms with E-state index in [-0.39, 0.29) is 17.6 Å². The Bertz CT molecular complexity index is 839. The summed E-state index contributed by atoms with van der Waals surface area (Å²) in [6.07, 6.45) is 0. The van der Waals surface area contributed by atoms with Gasteiger partial charge in [-0.1, -0.05) is 6.07 Å². The Labute approximate surface area is 151 Å². The summed E-state index contributed by atoms with van der Waals surface area (Å²) in [5.41, 5.74) is 3.44. The molecular formula is C20H20N2O4. The van der Waals surface area contributed by atoms with Crippen LogP contribution in [0.4, 0.5) is 0 Å². The number of hydrogen-bond acceptors (Lipinski definition) is 4. The largest absolute Gasteiger partial charge is 0.508 e. The predicted molar refractivity (Wildman–Crippen MR) is 94.8 cm³/mol. The van der Waals surface area contributed by atoms with Crippen molar-refractivity contribution in [2.45, 2.75) is 13.2 Å². The van der Waals surface area contributed by atoms with Crippen molar-refractivity contribution < 1.29 is 19.4 Å². The maximum absolute atomic E-state index is 12.7. The fourth-order valence-corrected chi connectivity index (χ4v) is 3.39. The van der Waals surface area contributed by atoms with Crippen LogP contribution in [0.3, 0.4) is 0 Å². The molecule has 4 rings (SSSR count). The van der Waals surface area contributed by atoms with Gasteiger partial charge in [-0.15, -0.1) is 0 Å². The molecule has 2 aromatic carbocycles. The van der Waals surface area contributed by atoms with Crippen LogP contribution < -0.4 is 0 Å². The van der Waals surface area contributed by atoms with Crippen molar-refractivity contribution in [1.82, 2.24) is 9.80 Å². The molecule has 6 nitrogen and oxygen atoms in total. The summed E-state index contributed by atoms with van der Waals surface area (Å²) in [6, 6.07) is 12.0. The number of fused-ring (bicyclic) bond motifs is 1. The third-order valence-electron chi connectivity index (χ3n) is 4.94. The van der Waals surface area contributed by atoms with Gasteiger partial charge in [0.15, 0.2) is 0 Å². The second kappa shape index (κ2) is 6.80. The van der Waals surface area contributed by atoms with Crippen molar-refractivity contribution in [2.24, 2.45) is 0 Å². The van der Waals surface area contributed by atoms with Gasteiger partial charge in [-0.3, -0.25) is 9.59 Å². The molecule has 0 atom stereocenters. The lowest BCUT2D eigenvalue weighted by Crippen LogP contribution is -2.50. The molecule has 1 N–H and O–H groups in total. The molecule has 2 amide bonds. The van der Waals surface area contributed by atoms with Gasteiger partial charge in [-0.2, -0.15) is 0 Å². The van der Waals surface area contributed by atoms with E-state index in [2.05, 4.69) is 0 Å². The van der Waals surface area contributed by atoms with Crippen molar-refractivity contribution in [2.75, 3.05) is 26.2 Å². The first kappa shape index (κ1) is 16.6. The van der Waals surface area contributed by atoms with Gasteiger partial charge in [-0.05, 0) is 47.5 Å². The molecule has 134 valence electrons. The van der Waals surface area contributed by atoms with Crippen LogP contribution in [0.1, 0.15) is 31.8 Å². The van der Waals surface area contributed by atoms with Gasteiger partial charge in [0.25, 0.3) is 11.8 Å². The number of aromatic hydroxyl groups is 1. The van der Waals surface area contributed by atoms with Crippen molar-refractivity contribution in [3.8, 4) is 5.75 Å². The molecule has 1 saturated heterocycles. The lowest BCUT2D eigenvalue weighted by atomic mass is 10.1. The van der Waals surface area contributed by atoms with E-state index in [1.165, 1.54) is 12.1 Å². The zero-order valence-corrected chi connectivity index (χ0v) is 14.4. The van der Waals surface area contributed by atoms with Gasteiger partial charge in [0.1, 0.15) is 5.75 Å². The number of phenolic OH excluding ortho intramolecular Hbond substituents is 1. The van der Waals surface area contributed by atoms with E-state index in [1.807, 2.05) is 18.2 Å². The first-order valence-corrected chi connectivity index (χ1v) is 8.69. The van der Waals surface area contributed by atoms with Crippen LogP contribution in [0.25, 0.3) is 0 Å². The molecule has 1 fully saturated rings. The fourth-order valence-electron chi connectivity index (χ4n) is 3.39. The minimum absolute atomic E-state index is 0.00330. The van der Waals surface area contributed by atoms with Crippen LogP contribution >= 0.6 is 0 Å². The van der Waals surface area contributed by atoms with Crippen molar-refractivity contribution >= 4 is 11.8 Å². The number of hydrogen-bond donors (Lipinski definition) is 1. The normalized spacial score (nSPS) is 16.5. The Kier molecular flexibility index (Phi) is 4.34. The number of phenols is 1. The second-order valence-corrected chi connectivity index (χ2v) is 6.61. The van der Waals surface area contributed by atoms with Crippen LogP contribution in [0, 0.1) is 0 Å². The Balaban J connectivity index is 1.39. The molecule has 6 heteroatoms. The minimum Gasteiger partial charge on any atom is -0.508 e. The number of nitrogens with zero attached hydrogens (tertiary/aromatic N) is 2. The third-order valence-corrected chi connectivity index (χ3v) is 4.94. The average Bonchev–Trinajstić information content (AvgIpc) is 3.15. The highest BCUT2D eigenvalue weighted by atomic mass is 16.5. The number of piperazine rings is 1. The Morgan fingerprint density at radius 1 is 0.769 bits per heavy atom. The number of amides is 2. The molecule has 0 saturated carbocycles. The van der Waals surface area contributed by atoms with Crippen LogP contribution in [0.5, 0.6) is 5.75 Å². The van der Waals surface area contributed by atoms with Gasteiger partial charge in [0, 0.05) is 37.3 Å². The molecule has 0 aliphatic carbocycles. The molecular weight excluding hydrogens is 332 g/mol. The molecule has 0 aromatic heterocycles. The van der Waals surface area contributed by atoms with Crippen LogP contribution in [-0.4, -0.2) is 52.9 Å². The van der Waals surface area contributed by atoms with Crippen molar-refractivity contribution in [1.29, 1.82) is 0 Å². The quantitative estimate of drug-likeness (QED) is 0.898. The van der Waals surface area contributed by atoms with Crippen LogP contribution in [0.15, 0.2) is 42.5 Å². The summed E-state index contributed by atoms with van der Waals surface area (Å²) in [6.45, 7) is 3.19. The fraction of sp³-hybridized carbons (Fsp3) is 0.300. The van der Waals surface area contributed by atoms with E-state index in [4.69, 9.17) is 4.74 Å². The Morgan fingerprint density at radius 2 is 1.31 bits per heavy atom. The maximum Gasteiger partial charge on any atom is 0.253 e. The van der Waals surface area contributed by atoms with E-state index in [0.717, 1.165) is 11.1 Å². The first-order chi connectivity index (χ1) is 12.6. The topological polar surface area (TPSA) is 70.1 Å². The molecule has 0 bridgehead atoms. The summed E-state index contributed by atoms with van der Waals surface area (Å²) in [5, 5.41) is 9.33. The van der Waals surface area contributed by atoms with E-state index in [9.17, 15) is 14.7 Å². The first-order valence-electron chi connectivity index (χ1n) is 8.69. The predicted octanol–water partition coefficient (Wildman–Crippen LogP) is 2.02. The van der Waals surface area contributed by atoms with Crippen LogP contribution in [-0.2, 0) is 18.0 Å². The number of rotatable bonds is 2. The van der Waals surface area contributed by atoms with E-state index in [1.54, 1.807) is 21.9 Å². The molecule has 2 heterocycles. The minimum atomic E-state index is -0.0771. The molecule has 26 heavy (non-hydrogen) atoms. The molecule has 2 aromatic rings. The van der Waals surface area contributed by atoms with E-state index < -0.39 is 0 Å². The Hall–Kier alpha value is -2.86. The van der Waals surface area contributed by atoms with Gasteiger partial charge in [0.05, 0.1) is 13.2 Å². The number of carbonyl (C=O) groups excluding carboxylic acids is 2. The maximum atomic E-state index is 12.7. The zero-order chi connectivity index (χ0) is 18.1. The molecule has 2 aliphatic heterocycles.